The van der Waals surface area contributed by atoms with Crippen molar-refractivity contribution in [3.63, 3.8) is 0 Å². The number of hydrogen-bond acceptors (Lipinski definition) is 4. The normalized spacial score (nSPS) is 11.7. The van der Waals surface area contributed by atoms with Crippen molar-refractivity contribution < 1.29 is 14.1 Å². The molecule has 0 unspecified atom stereocenters. The van der Waals surface area contributed by atoms with E-state index >= 15 is 0 Å². The Kier molecular flexibility index (Phi) is 4.97. The van der Waals surface area contributed by atoms with E-state index in [1.807, 2.05) is 0 Å². The number of amides is 1. The number of nitrogens with zero attached hydrogens (tertiary/aromatic N) is 3. The molecular formula is C17H11ClFN3O3S. The molecule has 6 nitrogen and oxygen atoms in total. The summed E-state index contributed by atoms with van der Waals surface area (Å²) in [5.41, 5.74) is 0.272. The molecule has 0 N–H and O–H groups in total. The molecule has 132 valence electrons. The molecule has 3 rings (SSSR count). The van der Waals surface area contributed by atoms with Crippen molar-refractivity contribution in [2.24, 2.45) is 4.99 Å². The predicted octanol–water partition coefficient (Wildman–Crippen LogP) is 4.33. The fourth-order valence-corrected chi connectivity index (χ4v) is 3.73. The summed E-state index contributed by atoms with van der Waals surface area (Å²) in [7, 11) is 0. The minimum atomic E-state index is -0.827. The first-order valence-corrected chi connectivity index (χ1v) is 8.53. The standard InChI is InChI=1S/C17H11ClFN3O3S/c1-2-8-21-13-7-6-10(22(24)25)9-14(13)26-17(21)20-16(23)15-11(18)4-3-5-12(15)19/h2-7,9H,1,8H2. The minimum absolute atomic E-state index is 0.0363. The number of nitro groups is 1. The van der Waals surface area contributed by atoms with E-state index in [1.165, 1.54) is 24.3 Å². The van der Waals surface area contributed by atoms with E-state index in [4.69, 9.17) is 11.6 Å². The lowest BCUT2D eigenvalue weighted by atomic mass is 10.2. The lowest BCUT2D eigenvalue weighted by molar-refractivity contribution is -0.384. The average Bonchev–Trinajstić information content (AvgIpc) is 2.91. The van der Waals surface area contributed by atoms with Crippen LogP contribution in [0.3, 0.4) is 0 Å². The highest BCUT2D eigenvalue weighted by atomic mass is 35.5. The Labute approximate surface area is 155 Å². The molecule has 0 aliphatic rings. The maximum absolute atomic E-state index is 13.9. The Bertz CT molecular complexity index is 1100. The van der Waals surface area contributed by atoms with Gasteiger partial charge in [-0.1, -0.05) is 35.1 Å². The molecule has 0 saturated heterocycles. The second-order valence-electron chi connectivity index (χ2n) is 5.21. The van der Waals surface area contributed by atoms with Gasteiger partial charge in [-0.2, -0.15) is 4.99 Å². The van der Waals surface area contributed by atoms with Crippen molar-refractivity contribution in [3.8, 4) is 0 Å². The number of allylic oxidation sites excluding steroid dienone is 1. The maximum atomic E-state index is 13.9. The maximum Gasteiger partial charge on any atom is 0.284 e. The molecular weight excluding hydrogens is 381 g/mol. The van der Waals surface area contributed by atoms with Crippen LogP contribution in [0.25, 0.3) is 10.2 Å². The Morgan fingerprint density at radius 3 is 2.85 bits per heavy atom. The number of hydrogen-bond donors (Lipinski definition) is 0. The van der Waals surface area contributed by atoms with Crippen LogP contribution in [0.1, 0.15) is 10.4 Å². The number of carbonyl (C=O) groups is 1. The monoisotopic (exact) mass is 391 g/mol. The van der Waals surface area contributed by atoms with Crippen LogP contribution in [0.2, 0.25) is 5.02 Å². The van der Waals surface area contributed by atoms with Gasteiger partial charge in [-0.05, 0) is 18.2 Å². The van der Waals surface area contributed by atoms with Crippen LogP contribution in [0, 0.1) is 15.9 Å². The third-order valence-corrected chi connectivity index (χ3v) is 4.92. The number of benzene rings is 2. The molecule has 1 amide bonds. The lowest BCUT2D eigenvalue weighted by Crippen LogP contribution is -2.16. The third-order valence-electron chi connectivity index (χ3n) is 3.56. The van der Waals surface area contributed by atoms with E-state index in [9.17, 15) is 19.3 Å². The number of fused-ring (bicyclic) bond motifs is 1. The molecule has 0 spiro atoms. The predicted molar refractivity (Wildman–Crippen MR) is 98.0 cm³/mol. The van der Waals surface area contributed by atoms with Crippen LogP contribution < -0.4 is 4.80 Å². The first-order valence-electron chi connectivity index (χ1n) is 7.34. The third kappa shape index (κ3) is 3.29. The number of carbonyl (C=O) groups excluding carboxylic acids is 1. The first-order chi connectivity index (χ1) is 12.4. The van der Waals surface area contributed by atoms with Gasteiger partial charge in [0.2, 0.25) is 0 Å². The summed E-state index contributed by atoms with van der Waals surface area (Å²) in [5, 5.41) is 10.9. The summed E-state index contributed by atoms with van der Waals surface area (Å²) in [6.07, 6.45) is 1.60. The van der Waals surface area contributed by atoms with Crippen LogP contribution in [-0.4, -0.2) is 15.4 Å². The Hall–Kier alpha value is -2.84. The first kappa shape index (κ1) is 18.0. The van der Waals surface area contributed by atoms with Gasteiger partial charge < -0.3 is 4.57 Å². The van der Waals surface area contributed by atoms with E-state index in [0.29, 0.717) is 16.8 Å². The second-order valence-corrected chi connectivity index (χ2v) is 6.62. The molecule has 0 bridgehead atoms. The van der Waals surface area contributed by atoms with Crippen LogP contribution in [0.5, 0.6) is 0 Å². The molecule has 2 aromatic carbocycles. The number of aromatic nitrogens is 1. The van der Waals surface area contributed by atoms with Gasteiger partial charge in [0, 0.05) is 18.7 Å². The average molecular weight is 392 g/mol. The van der Waals surface area contributed by atoms with Gasteiger partial charge in [-0.25, -0.2) is 4.39 Å². The van der Waals surface area contributed by atoms with Crippen LogP contribution in [-0.2, 0) is 6.54 Å². The molecule has 0 saturated carbocycles. The fourth-order valence-electron chi connectivity index (χ4n) is 2.41. The van der Waals surface area contributed by atoms with Crippen molar-refractivity contribution in [1.29, 1.82) is 0 Å². The van der Waals surface area contributed by atoms with E-state index in [0.717, 1.165) is 17.4 Å². The largest absolute Gasteiger partial charge is 0.312 e. The van der Waals surface area contributed by atoms with Crippen molar-refractivity contribution in [3.05, 3.63) is 80.4 Å². The van der Waals surface area contributed by atoms with Gasteiger partial charge in [-0.15, -0.1) is 6.58 Å². The molecule has 1 aromatic heterocycles. The number of thiazole rings is 1. The van der Waals surface area contributed by atoms with Crippen molar-refractivity contribution in [2.75, 3.05) is 0 Å². The Morgan fingerprint density at radius 1 is 1.42 bits per heavy atom. The summed E-state index contributed by atoms with van der Waals surface area (Å²) in [5.74, 6) is -1.59. The van der Waals surface area contributed by atoms with Gasteiger partial charge in [-0.3, -0.25) is 14.9 Å². The molecule has 26 heavy (non-hydrogen) atoms. The summed E-state index contributed by atoms with van der Waals surface area (Å²) in [6.45, 7) is 3.99. The smallest absolute Gasteiger partial charge is 0.284 e. The van der Waals surface area contributed by atoms with E-state index < -0.39 is 16.6 Å². The highest BCUT2D eigenvalue weighted by Gasteiger charge is 2.17. The molecule has 1 heterocycles. The molecule has 0 radical (unpaired) electrons. The number of halogens is 2. The number of non-ortho nitro benzene ring substituents is 1. The Balaban J connectivity index is 2.21. The summed E-state index contributed by atoms with van der Waals surface area (Å²) < 4.78 is 16.2. The van der Waals surface area contributed by atoms with Crippen molar-refractivity contribution >= 4 is 44.7 Å². The fraction of sp³-hybridized carbons (Fsp3) is 0.0588. The van der Waals surface area contributed by atoms with Crippen molar-refractivity contribution in [2.45, 2.75) is 6.54 Å². The molecule has 0 aliphatic carbocycles. The second kappa shape index (κ2) is 7.19. The SMILES string of the molecule is C=CCn1c(=NC(=O)c2c(F)cccc2Cl)sc2cc([N+](=O)[O-])ccc21. The number of nitro benzene ring substituents is 1. The molecule has 3 aromatic rings. The van der Waals surface area contributed by atoms with Gasteiger partial charge >= 0.3 is 0 Å². The molecule has 0 aliphatic heterocycles. The topological polar surface area (TPSA) is 77.5 Å². The summed E-state index contributed by atoms with van der Waals surface area (Å²) >= 11 is 7.00. The zero-order valence-corrected chi connectivity index (χ0v) is 14.8. The summed E-state index contributed by atoms with van der Waals surface area (Å²) in [6, 6.07) is 8.27. The highest BCUT2D eigenvalue weighted by molar-refractivity contribution is 7.16. The van der Waals surface area contributed by atoms with Gasteiger partial charge in [0.15, 0.2) is 4.80 Å². The molecule has 9 heteroatoms. The van der Waals surface area contributed by atoms with Crippen LogP contribution >= 0.6 is 22.9 Å². The zero-order valence-electron chi connectivity index (χ0n) is 13.2. The lowest BCUT2D eigenvalue weighted by Gasteiger charge is -2.02. The van der Waals surface area contributed by atoms with E-state index in [-0.39, 0.29) is 21.1 Å². The Morgan fingerprint density at radius 2 is 2.19 bits per heavy atom. The summed E-state index contributed by atoms with van der Waals surface area (Å²) in [4.78, 5) is 27.1. The van der Waals surface area contributed by atoms with Crippen LogP contribution in [0.15, 0.2) is 54.0 Å². The van der Waals surface area contributed by atoms with Crippen LogP contribution in [0.4, 0.5) is 10.1 Å². The van der Waals surface area contributed by atoms with E-state index in [1.54, 1.807) is 16.7 Å². The van der Waals surface area contributed by atoms with E-state index in [2.05, 4.69) is 11.6 Å². The quantitative estimate of drug-likeness (QED) is 0.377. The number of rotatable bonds is 4. The highest BCUT2D eigenvalue weighted by Crippen LogP contribution is 2.24. The minimum Gasteiger partial charge on any atom is -0.312 e. The van der Waals surface area contributed by atoms with Gasteiger partial charge in [0.05, 0.1) is 25.7 Å². The van der Waals surface area contributed by atoms with Gasteiger partial charge in [0.25, 0.3) is 11.6 Å². The molecule has 0 atom stereocenters. The van der Waals surface area contributed by atoms with Crippen molar-refractivity contribution in [1.82, 2.24) is 4.57 Å². The molecule has 0 fully saturated rings. The zero-order chi connectivity index (χ0) is 18.8. The van der Waals surface area contributed by atoms with Gasteiger partial charge in [0.1, 0.15) is 5.82 Å².